The SMILES string of the molecule is C[N+](C)(C)CCCCCCCCCBr.N=C(N)N. The van der Waals surface area contributed by atoms with E-state index in [1.165, 1.54) is 56.8 Å². The van der Waals surface area contributed by atoms with Gasteiger partial charge in [0, 0.05) is 5.33 Å². The minimum absolute atomic E-state index is 0.333. The Bertz CT molecular complexity index is 186. The highest BCUT2D eigenvalue weighted by atomic mass is 79.9. The van der Waals surface area contributed by atoms with E-state index in [9.17, 15) is 0 Å². The van der Waals surface area contributed by atoms with Crippen LogP contribution in [0.1, 0.15) is 44.9 Å². The number of halogens is 1. The number of unbranched alkanes of at least 4 members (excludes halogenated alkanes) is 6. The van der Waals surface area contributed by atoms with E-state index in [-0.39, 0.29) is 5.96 Å². The minimum atomic E-state index is -0.333. The van der Waals surface area contributed by atoms with Crippen LogP contribution in [0.4, 0.5) is 0 Å². The lowest BCUT2D eigenvalue weighted by molar-refractivity contribution is -0.870. The number of hydrogen-bond donors (Lipinski definition) is 3. The molecule has 0 aliphatic heterocycles. The van der Waals surface area contributed by atoms with Gasteiger partial charge in [-0.15, -0.1) is 0 Å². The van der Waals surface area contributed by atoms with Crippen LogP contribution in [-0.4, -0.2) is 43.5 Å². The lowest BCUT2D eigenvalue weighted by Crippen LogP contribution is -2.35. The zero-order chi connectivity index (χ0) is 14.4. The molecule has 0 aromatic carbocycles. The molecule has 0 aliphatic carbocycles. The van der Waals surface area contributed by atoms with Gasteiger partial charge in [0.05, 0.1) is 27.7 Å². The lowest BCUT2D eigenvalue weighted by Gasteiger charge is -2.23. The Morgan fingerprint density at radius 1 is 0.889 bits per heavy atom. The molecule has 110 valence electrons. The molecule has 18 heavy (non-hydrogen) atoms. The zero-order valence-corrected chi connectivity index (χ0v) is 13.9. The highest BCUT2D eigenvalue weighted by Gasteiger charge is 2.04. The van der Waals surface area contributed by atoms with Gasteiger partial charge in [0.2, 0.25) is 0 Å². The first-order chi connectivity index (χ1) is 8.29. The van der Waals surface area contributed by atoms with Crippen molar-refractivity contribution in [3.05, 3.63) is 0 Å². The maximum atomic E-state index is 6.06. The molecule has 0 atom stereocenters. The number of rotatable bonds is 9. The summed E-state index contributed by atoms with van der Waals surface area (Å²) in [6.45, 7) is 1.32. The summed E-state index contributed by atoms with van der Waals surface area (Å²) < 4.78 is 1.11. The first kappa shape index (κ1) is 20.0. The van der Waals surface area contributed by atoms with Gasteiger partial charge in [-0.25, -0.2) is 0 Å². The molecule has 0 heterocycles. The van der Waals surface area contributed by atoms with Gasteiger partial charge >= 0.3 is 0 Å². The van der Waals surface area contributed by atoms with Crippen molar-refractivity contribution in [3.63, 3.8) is 0 Å². The maximum Gasteiger partial charge on any atom is 0.183 e. The van der Waals surface area contributed by atoms with Crippen molar-refractivity contribution in [2.24, 2.45) is 11.5 Å². The molecule has 0 bridgehead atoms. The fraction of sp³-hybridized carbons (Fsp3) is 0.923. The van der Waals surface area contributed by atoms with E-state index in [0.29, 0.717) is 0 Å². The molecule has 0 unspecified atom stereocenters. The first-order valence-electron chi connectivity index (χ1n) is 6.75. The molecule has 0 saturated carbocycles. The van der Waals surface area contributed by atoms with Crippen LogP contribution in [0.2, 0.25) is 0 Å². The summed E-state index contributed by atoms with van der Waals surface area (Å²) in [4.78, 5) is 0. The quantitative estimate of drug-likeness (QED) is 0.200. The van der Waals surface area contributed by atoms with Crippen LogP contribution in [0.15, 0.2) is 0 Å². The normalized spacial score (nSPS) is 10.7. The molecule has 0 amide bonds. The number of hydrogen-bond acceptors (Lipinski definition) is 1. The van der Waals surface area contributed by atoms with Crippen LogP contribution in [0.25, 0.3) is 0 Å². The van der Waals surface area contributed by atoms with Gasteiger partial charge in [-0.05, 0) is 19.3 Å². The molecule has 0 rings (SSSR count). The van der Waals surface area contributed by atoms with Gasteiger partial charge < -0.3 is 16.0 Å². The second kappa shape index (κ2) is 13.1. The maximum absolute atomic E-state index is 6.06. The second-order valence-electron chi connectivity index (χ2n) is 5.63. The Labute approximate surface area is 121 Å². The summed E-state index contributed by atoms with van der Waals surface area (Å²) in [5.41, 5.74) is 8.94. The van der Waals surface area contributed by atoms with E-state index in [2.05, 4.69) is 48.5 Å². The van der Waals surface area contributed by atoms with Gasteiger partial charge in [0.25, 0.3) is 0 Å². The van der Waals surface area contributed by atoms with Crippen molar-refractivity contribution in [2.45, 2.75) is 44.9 Å². The van der Waals surface area contributed by atoms with Gasteiger partial charge in [0.15, 0.2) is 5.96 Å². The van der Waals surface area contributed by atoms with Crippen molar-refractivity contribution in [1.29, 1.82) is 5.41 Å². The number of guanidine groups is 1. The van der Waals surface area contributed by atoms with Gasteiger partial charge in [0.1, 0.15) is 0 Å². The van der Waals surface area contributed by atoms with E-state index in [4.69, 9.17) is 5.41 Å². The molecular weight excluding hydrogens is 292 g/mol. The minimum Gasteiger partial charge on any atom is -0.370 e. The molecule has 0 saturated heterocycles. The number of nitrogens with zero attached hydrogens (tertiary/aromatic N) is 1. The van der Waals surface area contributed by atoms with Crippen LogP contribution in [0.3, 0.4) is 0 Å². The number of alkyl halides is 1. The predicted octanol–water partition coefficient (Wildman–Crippen LogP) is 2.66. The van der Waals surface area contributed by atoms with Crippen molar-refractivity contribution in [2.75, 3.05) is 33.0 Å². The Morgan fingerprint density at radius 2 is 1.22 bits per heavy atom. The van der Waals surface area contributed by atoms with Crippen molar-refractivity contribution >= 4 is 21.9 Å². The Balaban J connectivity index is 0. The highest BCUT2D eigenvalue weighted by Crippen LogP contribution is 2.08. The van der Waals surface area contributed by atoms with E-state index in [1.807, 2.05) is 0 Å². The standard InChI is InChI=1S/C12H27BrN.CH5N3/c1-14(2,3)12-10-8-6-4-5-7-9-11-13;2-1(3)4/h4-12H2,1-3H3;(H5,2,3,4)/q+1;. The smallest absolute Gasteiger partial charge is 0.183 e. The number of nitrogens with two attached hydrogens (primary N) is 2. The van der Waals surface area contributed by atoms with Crippen LogP contribution < -0.4 is 11.5 Å². The lowest BCUT2D eigenvalue weighted by atomic mass is 10.1. The third kappa shape index (κ3) is 29.6. The molecule has 5 heteroatoms. The van der Waals surface area contributed by atoms with Crippen LogP contribution in [0, 0.1) is 5.41 Å². The van der Waals surface area contributed by atoms with Crippen LogP contribution in [-0.2, 0) is 0 Å². The molecule has 0 radical (unpaired) electrons. The zero-order valence-electron chi connectivity index (χ0n) is 12.3. The molecule has 0 aliphatic rings. The monoisotopic (exact) mass is 323 g/mol. The van der Waals surface area contributed by atoms with E-state index < -0.39 is 0 Å². The topological polar surface area (TPSA) is 75.9 Å². The van der Waals surface area contributed by atoms with E-state index in [0.717, 1.165) is 4.48 Å². The van der Waals surface area contributed by atoms with Crippen molar-refractivity contribution in [3.8, 4) is 0 Å². The summed E-state index contributed by atoms with van der Waals surface area (Å²) in [5, 5.41) is 7.23. The first-order valence-corrected chi connectivity index (χ1v) is 7.87. The summed E-state index contributed by atoms with van der Waals surface area (Å²) >= 11 is 3.46. The molecule has 5 N–H and O–H groups in total. The Morgan fingerprint density at radius 3 is 1.56 bits per heavy atom. The summed E-state index contributed by atoms with van der Waals surface area (Å²) in [6.07, 6.45) is 9.85. The van der Waals surface area contributed by atoms with Crippen LogP contribution in [0.5, 0.6) is 0 Å². The third-order valence-electron chi connectivity index (χ3n) is 2.46. The average molecular weight is 324 g/mol. The molecule has 4 nitrogen and oxygen atoms in total. The second-order valence-corrected chi connectivity index (χ2v) is 6.43. The molecule has 0 aromatic rings. The van der Waals surface area contributed by atoms with Crippen LogP contribution >= 0.6 is 15.9 Å². The van der Waals surface area contributed by atoms with Crippen molar-refractivity contribution in [1.82, 2.24) is 0 Å². The number of nitrogens with one attached hydrogen (secondary N) is 1. The molecular formula is C13H32BrN4+. The largest absolute Gasteiger partial charge is 0.370 e. The van der Waals surface area contributed by atoms with Gasteiger partial charge in [-0.1, -0.05) is 41.6 Å². The average Bonchev–Trinajstić information content (AvgIpc) is 2.19. The summed E-state index contributed by atoms with van der Waals surface area (Å²) in [5.74, 6) is -0.333. The molecule has 0 aromatic heterocycles. The third-order valence-corrected chi connectivity index (χ3v) is 3.02. The fourth-order valence-electron chi connectivity index (χ4n) is 1.56. The number of quaternary nitrogens is 1. The van der Waals surface area contributed by atoms with E-state index in [1.54, 1.807) is 0 Å². The fourth-order valence-corrected chi connectivity index (χ4v) is 1.96. The van der Waals surface area contributed by atoms with E-state index >= 15 is 0 Å². The molecule has 0 spiro atoms. The highest BCUT2D eigenvalue weighted by molar-refractivity contribution is 9.09. The summed E-state index contributed by atoms with van der Waals surface area (Å²) in [7, 11) is 6.82. The van der Waals surface area contributed by atoms with Crippen molar-refractivity contribution < 1.29 is 4.48 Å². The summed E-state index contributed by atoms with van der Waals surface area (Å²) in [6, 6.07) is 0. The molecule has 0 fully saturated rings. The van der Waals surface area contributed by atoms with Gasteiger partial charge in [-0.3, -0.25) is 5.41 Å². The van der Waals surface area contributed by atoms with Gasteiger partial charge in [-0.2, -0.15) is 0 Å². The Kier molecular flexibility index (Phi) is 14.6. The Hall–Kier alpha value is -0.290. The predicted molar refractivity (Wildman–Crippen MR) is 85.1 cm³/mol.